The van der Waals surface area contributed by atoms with E-state index in [2.05, 4.69) is 5.16 Å². The third-order valence-corrected chi connectivity index (χ3v) is 3.78. The average Bonchev–Trinajstić information content (AvgIpc) is 3.01. The van der Waals surface area contributed by atoms with Crippen molar-refractivity contribution in [2.24, 2.45) is 0 Å². The van der Waals surface area contributed by atoms with E-state index in [4.69, 9.17) is 9.26 Å². The van der Waals surface area contributed by atoms with Crippen LogP contribution in [0.1, 0.15) is 21.6 Å². The number of nitrogens with zero attached hydrogens (tertiary/aromatic N) is 2. The van der Waals surface area contributed by atoms with Gasteiger partial charge in [0.2, 0.25) is 0 Å². The zero-order valence-corrected chi connectivity index (χ0v) is 13.6. The fourth-order valence-corrected chi connectivity index (χ4v) is 2.31. The van der Waals surface area contributed by atoms with Crippen molar-refractivity contribution >= 4 is 11.7 Å². The molecular weight excluding hydrogens is 343 g/mol. The van der Waals surface area contributed by atoms with Gasteiger partial charge in [0, 0.05) is 23.3 Å². The van der Waals surface area contributed by atoms with Crippen molar-refractivity contribution in [1.29, 1.82) is 0 Å². The number of ether oxygens (including phenoxy) is 1. The normalized spacial score (nSPS) is 10.5. The van der Waals surface area contributed by atoms with E-state index < -0.39 is 10.9 Å². The van der Waals surface area contributed by atoms with Crippen LogP contribution in [0.25, 0.3) is 11.3 Å². The SMILES string of the molecule is Cc1c(COC(=O)c2ccc([N+](=O)[O-])cc2)noc1-c1ccc(F)cc1. The predicted molar refractivity (Wildman–Crippen MR) is 88.8 cm³/mol. The highest BCUT2D eigenvalue weighted by molar-refractivity contribution is 5.89. The lowest BCUT2D eigenvalue weighted by molar-refractivity contribution is -0.384. The van der Waals surface area contributed by atoms with Gasteiger partial charge >= 0.3 is 5.97 Å². The molecule has 8 heteroatoms. The fourth-order valence-electron chi connectivity index (χ4n) is 2.31. The van der Waals surface area contributed by atoms with Crippen LogP contribution in [-0.4, -0.2) is 16.0 Å². The Labute approximate surface area is 147 Å². The maximum absolute atomic E-state index is 13.0. The van der Waals surface area contributed by atoms with E-state index >= 15 is 0 Å². The Balaban J connectivity index is 1.69. The monoisotopic (exact) mass is 356 g/mol. The lowest BCUT2D eigenvalue weighted by Gasteiger charge is -2.03. The third kappa shape index (κ3) is 3.59. The molecule has 1 heterocycles. The minimum absolute atomic E-state index is 0.113. The summed E-state index contributed by atoms with van der Waals surface area (Å²) in [6.45, 7) is 1.64. The lowest BCUT2D eigenvalue weighted by atomic mass is 10.1. The van der Waals surface area contributed by atoms with Crippen LogP contribution < -0.4 is 0 Å². The van der Waals surface area contributed by atoms with Crippen LogP contribution in [0, 0.1) is 22.9 Å². The van der Waals surface area contributed by atoms with Gasteiger partial charge in [-0.2, -0.15) is 0 Å². The van der Waals surface area contributed by atoms with E-state index in [-0.39, 0.29) is 23.7 Å². The molecule has 1 aromatic heterocycles. The molecule has 132 valence electrons. The van der Waals surface area contributed by atoms with Crippen molar-refractivity contribution in [1.82, 2.24) is 5.16 Å². The standard InChI is InChI=1S/C18H13FN2O5/c1-11-16(20-26-17(11)12-2-6-14(19)7-3-12)10-25-18(22)13-4-8-15(9-5-13)21(23)24/h2-9H,10H2,1H3. The zero-order valence-electron chi connectivity index (χ0n) is 13.6. The number of benzene rings is 2. The molecular formula is C18H13FN2O5. The molecule has 0 N–H and O–H groups in total. The van der Waals surface area contributed by atoms with Gasteiger partial charge in [0.15, 0.2) is 5.76 Å². The second kappa shape index (κ2) is 7.14. The lowest BCUT2D eigenvalue weighted by Crippen LogP contribution is -2.06. The Kier molecular flexibility index (Phi) is 4.74. The van der Waals surface area contributed by atoms with Crippen molar-refractivity contribution < 1.29 is 23.4 Å². The van der Waals surface area contributed by atoms with Crippen molar-refractivity contribution in [2.45, 2.75) is 13.5 Å². The van der Waals surface area contributed by atoms with E-state index in [1.807, 2.05) is 0 Å². The van der Waals surface area contributed by atoms with Crippen LogP contribution in [-0.2, 0) is 11.3 Å². The third-order valence-electron chi connectivity index (χ3n) is 3.78. The molecule has 0 saturated carbocycles. The maximum atomic E-state index is 13.0. The highest BCUT2D eigenvalue weighted by atomic mass is 19.1. The Hall–Kier alpha value is -3.55. The molecule has 3 rings (SSSR count). The summed E-state index contributed by atoms with van der Waals surface area (Å²) >= 11 is 0. The number of nitro groups is 1. The molecule has 0 amide bonds. The van der Waals surface area contributed by atoms with Gasteiger partial charge in [0.1, 0.15) is 18.1 Å². The zero-order chi connectivity index (χ0) is 18.7. The molecule has 26 heavy (non-hydrogen) atoms. The largest absolute Gasteiger partial charge is 0.455 e. The number of hydrogen-bond acceptors (Lipinski definition) is 6. The van der Waals surface area contributed by atoms with Gasteiger partial charge < -0.3 is 9.26 Å². The van der Waals surface area contributed by atoms with Crippen molar-refractivity contribution in [2.75, 3.05) is 0 Å². The number of non-ortho nitro benzene ring substituents is 1. The first-order valence-corrected chi connectivity index (χ1v) is 7.58. The first kappa shape index (κ1) is 17.3. The van der Waals surface area contributed by atoms with Gasteiger partial charge in [-0.1, -0.05) is 5.16 Å². The minimum atomic E-state index is -0.634. The topological polar surface area (TPSA) is 95.5 Å². The number of hydrogen-bond donors (Lipinski definition) is 0. The maximum Gasteiger partial charge on any atom is 0.338 e. The van der Waals surface area contributed by atoms with Crippen LogP contribution >= 0.6 is 0 Å². The number of rotatable bonds is 5. The summed E-state index contributed by atoms with van der Waals surface area (Å²) in [4.78, 5) is 22.1. The molecule has 0 bridgehead atoms. The summed E-state index contributed by atoms with van der Waals surface area (Å²) < 4.78 is 23.4. The molecule has 0 unspecified atom stereocenters. The van der Waals surface area contributed by atoms with Crippen molar-refractivity contribution in [3.05, 3.63) is 81.3 Å². The Morgan fingerprint density at radius 3 is 2.46 bits per heavy atom. The smallest absolute Gasteiger partial charge is 0.338 e. The summed E-state index contributed by atoms with van der Waals surface area (Å²) in [6, 6.07) is 10.8. The van der Waals surface area contributed by atoms with E-state index in [0.29, 0.717) is 22.6 Å². The summed E-state index contributed by atoms with van der Waals surface area (Å²) in [5.74, 6) is -0.528. The fraction of sp³-hybridized carbons (Fsp3) is 0.111. The molecule has 0 fully saturated rings. The first-order chi connectivity index (χ1) is 12.5. The first-order valence-electron chi connectivity index (χ1n) is 7.58. The van der Waals surface area contributed by atoms with E-state index in [9.17, 15) is 19.3 Å². The summed E-state index contributed by atoms with van der Waals surface area (Å²) in [7, 11) is 0. The van der Waals surface area contributed by atoms with E-state index in [1.165, 1.54) is 36.4 Å². The molecule has 0 spiro atoms. The summed E-state index contributed by atoms with van der Waals surface area (Å²) in [6.07, 6.45) is 0. The van der Waals surface area contributed by atoms with Crippen LogP contribution in [0.2, 0.25) is 0 Å². The van der Waals surface area contributed by atoms with Crippen LogP contribution in [0.15, 0.2) is 53.1 Å². The molecule has 0 atom stereocenters. The number of nitro benzene ring substituents is 1. The highest BCUT2D eigenvalue weighted by Crippen LogP contribution is 2.26. The molecule has 0 aliphatic rings. The van der Waals surface area contributed by atoms with E-state index in [1.54, 1.807) is 19.1 Å². The Morgan fingerprint density at radius 1 is 1.19 bits per heavy atom. The average molecular weight is 356 g/mol. The Bertz CT molecular complexity index is 949. The van der Waals surface area contributed by atoms with Crippen molar-refractivity contribution in [3.8, 4) is 11.3 Å². The molecule has 7 nitrogen and oxygen atoms in total. The van der Waals surface area contributed by atoms with Crippen LogP contribution in [0.3, 0.4) is 0 Å². The van der Waals surface area contributed by atoms with Crippen LogP contribution in [0.4, 0.5) is 10.1 Å². The van der Waals surface area contributed by atoms with Crippen molar-refractivity contribution in [3.63, 3.8) is 0 Å². The minimum Gasteiger partial charge on any atom is -0.455 e. The Morgan fingerprint density at radius 2 is 1.85 bits per heavy atom. The van der Waals surface area contributed by atoms with Gasteiger partial charge in [-0.3, -0.25) is 10.1 Å². The summed E-state index contributed by atoms with van der Waals surface area (Å²) in [5, 5.41) is 14.5. The molecule has 0 saturated heterocycles. The van der Waals surface area contributed by atoms with Crippen LogP contribution in [0.5, 0.6) is 0 Å². The number of aromatic nitrogens is 1. The van der Waals surface area contributed by atoms with Gasteiger partial charge in [-0.25, -0.2) is 9.18 Å². The molecule has 0 aliphatic carbocycles. The van der Waals surface area contributed by atoms with Gasteiger partial charge in [0.25, 0.3) is 5.69 Å². The number of carbonyl (C=O) groups is 1. The van der Waals surface area contributed by atoms with Gasteiger partial charge in [0.05, 0.1) is 10.5 Å². The van der Waals surface area contributed by atoms with Gasteiger partial charge in [-0.05, 0) is 43.3 Å². The molecule has 0 radical (unpaired) electrons. The van der Waals surface area contributed by atoms with E-state index in [0.717, 1.165) is 0 Å². The highest BCUT2D eigenvalue weighted by Gasteiger charge is 2.16. The molecule has 2 aromatic carbocycles. The van der Waals surface area contributed by atoms with Gasteiger partial charge in [-0.15, -0.1) is 0 Å². The predicted octanol–water partition coefficient (Wildman–Crippen LogP) is 4.05. The number of halogens is 1. The second-order valence-electron chi connectivity index (χ2n) is 5.47. The molecule has 3 aromatic rings. The quantitative estimate of drug-likeness (QED) is 0.389. The number of carbonyl (C=O) groups excluding carboxylic acids is 1. The summed E-state index contributed by atoms with van der Waals surface area (Å²) in [5.41, 5.74) is 1.84. The second-order valence-corrected chi connectivity index (χ2v) is 5.47. The molecule has 0 aliphatic heterocycles. The number of esters is 1.